The summed E-state index contributed by atoms with van der Waals surface area (Å²) in [6.45, 7) is 4.74. The maximum atomic E-state index is 11.9. The molecule has 0 atom stereocenters. The van der Waals surface area contributed by atoms with Crippen molar-refractivity contribution in [2.24, 2.45) is 0 Å². The summed E-state index contributed by atoms with van der Waals surface area (Å²) in [5.41, 5.74) is 6.56. The van der Waals surface area contributed by atoms with Crippen LogP contribution in [0.5, 0.6) is 11.5 Å². The van der Waals surface area contributed by atoms with E-state index in [0.717, 1.165) is 6.54 Å². The molecule has 1 aromatic carbocycles. The van der Waals surface area contributed by atoms with Crippen LogP contribution in [0.15, 0.2) is 30.6 Å². The summed E-state index contributed by atoms with van der Waals surface area (Å²) >= 11 is 0. The Morgan fingerprint density at radius 2 is 2.20 bits per heavy atom. The smallest absolute Gasteiger partial charge is 0.342 e. The first kappa shape index (κ1) is 13.9. The zero-order valence-corrected chi connectivity index (χ0v) is 11.5. The van der Waals surface area contributed by atoms with Crippen LogP contribution in [0.3, 0.4) is 0 Å². The third-order valence-corrected chi connectivity index (χ3v) is 2.69. The molecule has 6 nitrogen and oxygen atoms in total. The van der Waals surface area contributed by atoms with E-state index in [1.807, 2.05) is 6.92 Å². The van der Waals surface area contributed by atoms with Crippen LogP contribution in [0, 0.1) is 0 Å². The van der Waals surface area contributed by atoms with Gasteiger partial charge in [-0.1, -0.05) is 6.07 Å². The minimum Gasteiger partial charge on any atom is -0.462 e. The number of rotatable bonds is 5. The molecular weight excluding hydrogens is 258 g/mol. The molecule has 2 aromatic rings. The highest BCUT2D eigenvalue weighted by Crippen LogP contribution is 2.31. The van der Waals surface area contributed by atoms with E-state index >= 15 is 0 Å². The molecular formula is C14H17N3O3. The molecule has 0 saturated heterocycles. The fourth-order valence-corrected chi connectivity index (χ4v) is 1.73. The maximum absolute atomic E-state index is 11.9. The second-order valence-electron chi connectivity index (χ2n) is 4.08. The number of nitrogens with two attached hydrogens (primary N) is 1. The standard InChI is InChI=1S/C14H17N3O3/c1-3-17-9-10(8-16-17)20-13-11(14(18)19-4-2)6-5-7-12(13)15/h5-9H,3-4,15H2,1-2H3. The summed E-state index contributed by atoms with van der Waals surface area (Å²) in [5.74, 6) is 0.356. The minimum atomic E-state index is -0.460. The van der Waals surface area contributed by atoms with Crippen molar-refractivity contribution >= 4 is 11.7 Å². The van der Waals surface area contributed by atoms with Gasteiger partial charge >= 0.3 is 5.97 Å². The largest absolute Gasteiger partial charge is 0.462 e. The summed E-state index contributed by atoms with van der Waals surface area (Å²) in [7, 11) is 0. The highest BCUT2D eigenvalue weighted by Gasteiger charge is 2.17. The summed E-state index contributed by atoms with van der Waals surface area (Å²) in [6.07, 6.45) is 3.31. The highest BCUT2D eigenvalue weighted by atomic mass is 16.5. The topological polar surface area (TPSA) is 79.4 Å². The van der Waals surface area contributed by atoms with Crippen molar-refractivity contribution in [1.29, 1.82) is 0 Å². The number of nitrogen functional groups attached to an aromatic ring is 1. The van der Waals surface area contributed by atoms with E-state index in [9.17, 15) is 4.79 Å². The second-order valence-corrected chi connectivity index (χ2v) is 4.08. The molecule has 0 radical (unpaired) electrons. The van der Waals surface area contributed by atoms with Gasteiger partial charge in [0.1, 0.15) is 5.56 Å². The molecule has 0 spiro atoms. The van der Waals surface area contributed by atoms with Gasteiger partial charge < -0.3 is 15.2 Å². The molecule has 1 aromatic heterocycles. The molecule has 0 aliphatic rings. The van der Waals surface area contributed by atoms with Crippen LogP contribution in [-0.2, 0) is 11.3 Å². The third-order valence-electron chi connectivity index (χ3n) is 2.69. The van der Waals surface area contributed by atoms with Gasteiger partial charge in [0, 0.05) is 6.54 Å². The first-order chi connectivity index (χ1) is 9.65. The number of aromatic nitrogens is 2. The molecule has 0 bridgehead atoms. The molecule has 2 rings (SSSR count). The molecule has 0 saturated carbocycles. The first-order valence-electron chi connectivity index (χ1n) is 6.41. The lowest BCUT2D eigenvalue weighted by atomic mass is 10.1. The van der Waals surface area contributed by atoms with Gasteiger partial charge in [-0.2, -0.15) is 5.10 Å². The van der Waals surface area contributed by atoms with Crippen LogP contribution in [-0.4, -0.2) is 22.4 Å². The Bertz CT molecular complexity index is 607. The summed E-state index contributed by atoms with van der Waals surface area (Å²) < 4.78 is 12.4. The lowest BCUT2D eigenvalue weighted by Gasteiger charge is -2.11. The van der Waals surface area contributed by atoms with Crippen LogP contribution in [0.2, 0.25) is 0 Å². The average molecular weight is 275 g/mol. The number of para-hydroxylation sites is 1. The predicted octanol–water partition coefficient (Wildman–Crippen LogP) is 2.45. The van der Waals surface area contributed by atoms with Crippen LogP contribution in [0.4, 0.5) is 5.69 Å². The van der Waals surface area contributed by atoms with E-state index in [4.69, 9.17) is 15.2 Å². The number of hydrogen-bond acceptors (Lipinski definition) is 5. The lowest BCUT2D eigenvalue weighted by Crippen LogP contribution is -2.07. The van der Waals surface area contributed by atoms with Crippen molar-refractivity contribution in [3.8, 4) is 11.5 Å². The van der Waals surface area contributed by atoms with E-state index in [0.29, 0.717) is 29.4 Å². The number of nitrogens with zero attached hydrogens (tertiary/aromatic N) is 2. The fourth-order valence-electron chi connectivity index (χ4n) is 1.73. The van der Waals surface area contributed by atoms with Gasteiger partial charge in [0.05, 0.1) is 24.7 Å². The summed E-state index contributed by atoms with van der Waals surface area (Å²) in [5, 5.41) is 4.11. The molecule has 2 N–H and O–H groups in total. The molecule has 106 valence electrons. The number of anilines is 1. The quantitative estimate of drug-likeness (QED) is 0.669. The molecule has 1 heterocycles. The number of ether oxygens (including phenoxy) is 2. The van der Waals surface area contributed by atoms with E-state index in [1.165, 1.54) is 0 Å². The zero-order valence-electron chi connectivity index (χ0n) is 11.5. The van der Waals surface area contributed by atoms with Crippen molar-refractivity contribution < 1.29 is 14.3 Å². The van der Waals surface area contributed by atoms with E-state index in [2.05, 4.69) is 5.10 Å². The number of benzene rings is 1. The SMILES string of the molecule is CCOC(=O)c1cccc(N)c1Oc1cnn(CC)c1. The van der Waals surface area contributed by atoms with Crippen molar-refractivity contribution in [1.82, 2.24) is 9.78 Å². The minimum absolute atomic E-state index is 0.292. The first-order valence-corrected chi connectivity index (χ1v) is 6.41. The van der Waals surface area contributed by atoms with Crippen LogP contribution < -0.4 is 10.5 Å². The Hall–Kier alpha value is -2.50. The predicted molar refractivity (Wildman–Crippen MR) is 74.8 cm³/mol. The fraction of sp³-hybridized carbons (Fsp3) is 0.286. The Morgan fingerprint density at radius 1 is 1.40 bits per heavy atom. The van der Waals surface area contributed by atoms with Gasteiger partial charge in [-0.05, 0) is 26.0 Å². The molecule has 0 aliphatic carbocycles. The van der Waals surface area contributed by atoms with E-state index < -0.39 is 5.97 Å². The Kier molecular flexibility index (Phi) is 4.24. The third kappa shape index (κ3) is 2.90. The molecule has 6 heteroatoms. The van der Waals surface area contributed by atoms with Gasteiger partial charge in [0.25, 0.3) is 0 Å². The van der Waals surface area contributed by atoms with Gasteiger partial charge in [0.15, 0.2) is 11.5 Å². The molecule has 0 fully saturated rings. The van der Waals surface area contributed by atoms with Crippen molar-refractivity contribution in [2.45, 2.75) is 20.4 Å². The lowest BCUT2D eigenvalue weighted by molar-refractivity contribution is 0.0523. The number of carbonyl (C=O) groups excluding carboxylic acids is 1. The molecule has 20 heavy (non-hydrogen) atoms. The van der Waals surface area contributed by atoms with E-state index in [-0.39, 0.29) is 0 Å². The monoisotopic (exact) mass is 275 g/mol. The maximum Gasteiger partial charge on any atom is 0.342 e. The van der Waals surface area contributed by atoms with Gasteiger partial charge in [-0.15, -0.1) is 0 Å². The number of carbonyl (C=O) groups is 1. The molecule has 0 amide bonds. The Morgan fingerprint density at radius 3 is 2.85 bits per heavy atom. The average Bonchev–Trinajstić information content (AvgIpc) is 2.89. The highest BCUT2D eigenvalue weighted by molar-refractivity contribution is 5.94. The van der Waals surface area contributed by atoms with Crippen LogP contribution >= 0.6 is 0 Å². The normalized spacial score (nSPS) is 10.3. The van der Waals surface area contributed by atoms with E-state index in [1.54, 1.807) is 42.2 Å². The Labute approximate surface area is 117 Å². The summed E-state index contributed by atoms with van der Waals surface area (Å²) in [4.78, 5) is 11.9. The van der Waals surface area contributed by atoms with Crippen molar-refractivity contribution in [2.75, 3.05) is 12.3 Å². The van der Waals surface area contributed by atoms with Crippen molar-refractivity contribution in [3.05, 3.63) is 36.2 Å². The van der Waals surface area contributed by atoms with Crippen LogP contribution in [0.25, 0.3) is 0 Å². The number of aryl methyl sites for hydroxylation is 1. The summed E-state index contributed by atoms with van der Waals surface area (Å²) in [6, 6.07) is 4.97. The second kappa shape index (κ2) is 6.10. The zero-order chi connectivity index (χ0) is 14.5. The van der Waals surface area contributed by atoms with Gasteiger partial charge in [-0.25, -0.2) is 4.79 Å². The number of esters is 1. The number of hydrogen-bond donors (Lipinski definition) is 1. The van der Waals surface area contributed by atoms with Crippen molar-refractivity contribution in [3.63, 3.8) is 0 Å². The molecule has 0 aliphatic heterocycles. The molecule has 0 unspecified atom stereocenters. The van der Waals surface area contributed by atoms with Crippen LogP contribution in [0.1, 0.15) is 24.2 Å². The van der Waals surface area contributed by atoms with Gasteiger partial charge in [0.2, 0.25) is 0 Å². The Balaban J connectivity index is 2.32. The van der Waals surface area contributed by atoms with Gasteiger partial charge in [-0.3, -0.25) is 4.68 Å².